The van der Waals surface area contributed by atoms with Crippen LogP contribution in [-0.2, 0) is 13.0 Å². The molecule has 0 saturated heterocycles. The molecule has 1 aliphatic heterocycles. The second kappa shape index (κ2) is 10.3. The first-order chi connectivity index (χ1) is 17.5. The number of hydrogen-bond acceptors (Lipinski definition) is 6. The SMILES string of the molecule is CCNC(=O)c1csc(COc2ccc3c(c2)[C@H](c2ccc(F)cc2)N(C(=O)c2ccco2)CC3)n1. The second-order valence-electron chi connectivity index (χ2n) is 8.32. The molecule has 1 aliphatic rings. The van der Waals surface area contributed by atoms with Gasteiger partial charge in [-0.1, -0.05) is 18.2 Å². The molecule has 2 aromatic heterocycles. The normalized spacial score (nSPS) is 14.8. The third kappa shape index (κ3) is 4.87. The third-order valence-corrected chi connectivity index (χ3v) is 6.83. The fourth-order valence-corrected chi connectivity index (χ4v) is 5.01. The number of hydrogen-bond donors (Lipinski definition) is 1. The van der Waals surface area contributed by atoms with E-state index in [0.29, 0.717) is 36.0 Å². The lowest BCUT2D eigenvalue weighted by atomic mass is 9.87. The van der Waals surface area contributed by atoms with Gasteiger partial charge in [0.1, 0.15) is 28.9 Å². The number of ether oxygens (including phenoxy) is 1. The lowest BCUT2D eigenvalue weighted by molar-refractivity contribution is 0.0661. The van der Waals surface area contributed by atoms with E-state index >= 15 is 0 Å². The summed E-state index contributed by atoms with van der Waals surface area (Å²) >= 11 is 1.36. The highest BCUT2D eigenvalue weighted by Gasteiger charge is 2.34. The zero-order chi connectivity index (χ0) is 25.1. The first-order valence-electron chi connectivity index (χ1n) is 11.6. The fourth-order valence-electron chi connectivity index (χ4n) is 4.33. The van der Waals surface area contributed by atoms with E-state index in [4.69, 9.17) is 9.15 Å². The number of nitrogens with zero attached hydrogens (tertiary/aromatic N) is 2. The van der Waals surface area contributed by atoms with Crippen molar-refractivity contribution in [3.8, 4) is 5.75 Å². The van der Waals surface area contributed by atoms with Crippen LogP contribution in [0.3, 0.4) is 0 Å². The van der Waals surface area contributed by atoms with Crippen LogP contribution < -0.4 is 10.1 Å². The van der Waals surface area contributed by atoms with E-state index in [1.165, 1.54) is 29.7 Å². The molecule has 0 radical (unpaired) electrons. The van der Waals surface area contributed by atoms with Crippen LogP contribution in [0.15, 0.2) is 70.7 Å². The Bertz CT molecular complexity index is 1370. The standard InChI is InChI=1S/C27H24FN3O4S/c1-2-29-26(32)22-16-36-24(30-22)15-35-20-10-7-17-11-12-31(27(33)23-4-3-13-34-23)25(21(17)14-20)18-5-8-19(28)9-6-18/h3-10,13-14,16,25H,2,11-12,15H2,1H3,(H,29,32)/t25-/m0/s1. The Morgan fingerprint density at radius 2 is 2.06 bits per heavy atom. The topological polar surface area (TPSA) is 84.7 Å². The summed E-state index contributed by atoms with van der Waals surface area (Å²) in [6.45, 7) is 3.09. The first-order valence-corrected chi connectivity index (χ1v) is 12.5. The van der Waals surface area contributed by atoms with E-state index in [2.05, 4.69) is 10.3 Å². The lowest BCUT2D eigenvalue weighted by Crippen LogP contribution is -2.40. The molecule has 9 heteroatoms. The smallest absolute Gasteiger partial charge is 0.290 e. The van der Waals surface area contributed by atoms with Crippen molar-refractivity contribution in [2.24, 2.45) is 0 Å². The average Bonchev–Trinajstić information content (AvgIpc) is 3.60. The number of fused-ring (bicyclic) bond motifs is 1. The summed E-state index contributed by atoms with van der Waals surface area (Å²) in [7, 11) is 0. The van der Waals surface area contributed by atoms with Gasteiger partial charge in [-0.25, -0.2) is 9.37 Å². The van der Waals surface area contributed by atoms with Crippen LogP contribution in [0.5, 0.6) is 5.75 Å². The predicted molar refractivity (Wildman–Crippen MR) is 133 cm³/mol. The highest BCUT2D eigenvalue weighted by Crippen LogP contribution is 2.38. The van der Waals surface area contributed by atoms with Crippen molar-refractivity contribution >= 4 is 23.2 Å². The molecule has 2 amide bonds. The Morgan fingerprint density at radius 3 is 2.81 bits per heavy atom. The first kappa shape index (κ1) is 23.7. The van der Waals surface area contributed by atoms with E-state index in [-0.39, 0.29) is 30.0 Å². The van der Waals surface area contributed by atoms with E-state index in [1.807, 2.05) is 25.1 Å². The highest BCUT2D eigenvalue weighted by molar-refractivity contribution is 7.09. The van der Waals surface area contributed by atoms with Gasteiger partial charge < -0.3 is 19.4 Å². The number of aromatic nitrogens is 1. The van der Waals surface area contributed by atoms with Gasteiger partial charge in [0, 0.05) is 18.5 Å². The maximum Gasteiger partial charge on any atom is 0.290 e. The van der Waals surface area contributed by atoms with Crippen molar-refractivity contribution in [3.05, 3.63) is 105 Å². The molecular weight excluding hydrogens is 481 g/mol. The lowest BCUT2D eigenvalue weighted by Gasteiger charge is -2.37. The zero-order valence-corrected chi connectivity index (χ0v) is 20.4. The van der Waals surface area contributed by atoms with Crippen molar-refractivity contribution < 1.29 is 23.1 Å². The summed E-state index contributed by atoms with van der Waals surface area (Å²) in [5, 5.41) is 5.12. The maximum atomic E-state index is 13.7. The Morgan fingerprint density at radius 1 is 1.22 bits per heavy atom. The highest BCUT2D eigenvalue weighted by atomic mass is 32.1. The molecule has 0 saturated carbocycles. The van der Waals surface area contributed by atoms with E-state index < -0.39 is 6.04 Å². The summed E-state index contributed by atoms with van der Waals surface area (Å²) in [5.41, 5.74) is 3.16. The third-order valence-electron chi connectivity index (χ3n) is 6.01. The summed E-state index contributed by atoms with van der Waals surface area (Å²) in [5.74, 6) is 0.0861. The minimum Gasteiger partial charge on any atom is -0.486 e. The molecular formula is C27H24FN3O4S. The molecule has 0 fully saturated rings. The number of rotatable bonds is 7. The molecule has 0 aliphatic carbocycles. The molecule has 0 bridgehead atoms. The molecule has 1 atom stereocenters. The molecule has 3 heterocycles. The molecule has 0 unspecified atom stereocenters. The molecule has 4 aromatic rings. The van der Waals surface area contributed by atoms with Gasteiger partial charge in [-0.15, -0.1) is 11.3 Å². The quantitative estimate of drug-likeness (QED) is 0.383. The fraction of sp³-hybridized carbons (Fsp3) is 0.222. The minimum absolute atomic E-state index is 0.207. The number of carbonyl (C=O) groups is 2. The molecule has 184 valence electrons. The zero-order valence-electron chi connectivity index (χ0n) is 19.6. The summed E-state index contributed by atoms with van der Waals surface area (Å²) in [4.78, 5) is 31.4. The number of amides is 2. The van der Waals surface area contributed by atoms with E-state index in [0.717, 1.165) is 16.7 Å². The van der Waals surface area contributed by atoms with Crippen LogP contribution in [0.25, 0.3) is 0 Å². The second-order valence-corrected chi connectivity index (χ2v) is 9.26. The van der Waals surface area contributed by atoms with Crippen LogP contribution in [0.4, 0.5) is 4.39 Å². The Kier molecular flexibility index (Phi) is 6.81. The molecule has 36 heavy (non-hydrogen) atoms. The summed E-state index contributed by atoms with van der Waals surface area (Å²) in [6, 6.07) is 14.9. The molecule has 0 spiro atoms. The number of benzene rings is 2. The Balaban J connectivity index is 1.43. The van der Waals surface area contributed by atoms with Crippen molar-refractivity contribution in [2.75, 3.05) is 13.1 Å². The van der Waals surface area contributed by atoms with Crippen molar-refractivity contribution in [1.29, 1.82) is 0 Å². The maximum absolute atomic E-state index is 13.7. The number of halogens is 1. The van der Waals surface area contributed by atoms with Gasteiger partial charge in [0.05, 0.1) is 12.3 Å². The number of carbonyl (C=O) groups excluding carboxylic acids is 2. The molecule has 2 aromatic carbocycles. The number of furan rings is 1. The van der Waals surface area contributed by atoms with Crippen LogP contribution in [0, 0.1) is 5.82 Å². The largest absolute Gasteiger partial charge is 0.486 e. The van der Waals surface area contributed by atoms with Crippen molar-refractivity contribution in [3.63, 3.8) is 0 Å². The van der Waals surface area contributed by atoms with Gasteiger partial charge in [-0.2, -0.15) is 0 Å². The van der Waals surface area contributed by atoms with Gasteiger partial charge in [0.25, 0.3) is 11.8 Å². The van der Waals surface area contributed by atoms with Gasteiger partial charge >= 0.3 is 0 Å². The number of nitrogens with one attached hydrogen (secondary N) is 1. The van der Waals surface area contributed by atoms with Crippen LogP contribution in [0.1, 0.15) is 55.7 Å². The molecule has 1 N–H and O–H groups in total. The molecule has 5 rings (SSSR count). The van der Waals surface area contributed by atoms with Gasteiger partial charge in [0.2, 0.25) is 0 Å². The summed E-state index contributed by atoms with van der Waals surface area (Å²) in [6.07, 6.45) is 2.14. The monoisotopic (exact) mass is 505 g/mol. The number of thiazole rings is 1. The van der Waals surface area contributed by atoms with Crippen LogP contribution in [0.2, 0.25) is 0 Å². The van der Waals surface area contributed by atoms with Gasteiger partial charge in [0.15, 0.2) is 5.76 Å². The van der Waals surface area contributed by atoms with E-state index in [9.17, 15) is 14.0 Å². The van der Waals surface area contributed by atoms with E-state index in [1.54, 1.807) is 34.5 Å². The van der Waals surface area contributed by atoms with Gasteiger partial charge in [-0.05, 0) is 66.4 Å². The Hall–Kier alpha value is -3.98. The predicted octanol–water partition coefficient (Wildman–Crippen LogP) is 4.99. The average molecular weight is 506 g/mol. The van der Waals surface area contributed by atoms with Crippen molar-refractivity contribution in [2.45, 2.75) is 26.0 Å². The van der Waals surface area contributed by atoms with Crippen LogP contribution >= 0.6 is 11.3 Å². The minimum atomic E-state index is -0.431. The van der Waals surface area contributed by atoms with Crippen molar-refractivity contribution in [1.82, 2.24) is 15.2 Å². The molecule has 7 nitrogen and oxygen atoms in total. The summed E-state index contributed by atoms with van der Waals surface area (Å²) < 4.78 is 25.1. The van der Waals surface area contributed by atoms with Crippen LogP contribution in [-0.4, -0.2) is 34.8 Å². The van der Waals surface area contributed by atoms with Gasteiger partial charge in [-0.3, -0.25) is 9.59 Å². The Labute approximate surface area is 211 Å².